The van der Waals surface area contributed by atoms with E-state index >= 15 is 0 Å². The molecule has 166 valence electrons. The molecule has 0 bridgehead atoms. The van der Waals surface area contributed by atoms with E-state index in [1.807, 2.05) is 0 Å². The van der Waals surface area contributed by atoms with Crippen LogP contribution in [0.25, 0.3) is 0 Å². The Balaban J connectivity index is 1.33. The van der Waals surface area contributed by atoms with Gasteiger partial charge in [-0.1, -0.05) is 13.8 Å². The third-order valence-corrected chi connectivity index (χ3v) is 7.18. The highest BCUT2D eigenvalue weighted by Crippen LogP contribution is 2.24. The molecule has 6 nitrogen and oxygen atoms in total. The first-order valence-electron chi connectivity index (χ1n) is 12.0. The number of hydrogen-bond acceptors (Lipinski definition) is 4. The Kier molecular flexibility index (Phi) is 8.79. The van der Waals surface area contributed by atoms with E-state index in [1.165, 1.54) is 25.7 Å². The molecular formula is C23H42N4O2. The molecule has 0 aromatic heterocycles. The smallest absolute Gasteiger partial charge is 0.234 e. The highest BCUT2D eigenvalue weighted by molar-refractivity contribution is 5.78. The molecule has 0 atom stereocenters. The van der Waals surface area contributed by atoms with Crippen molar-refractivity contribution in [1.82, 2.24) is 20.4 Å². The molecule has 1 saturated heterocycles. The minimum atomic E-state index is 0.169. The zero-order valence-electron chi connectivity index (χ0n) is 18.6. The fraction of sp³-hybridized carbons (Fsp3) is 0.913. The molecule has 3 rings (SSSR count). The maximum absolute atomic E-state index is 12.4. The lowest BCUT2D eigenvalue weighted by atomic mass is 9.87. The fourth-order valence-electron chi connectivity index (χ4n) is 5.10. The largest absolute Gasteiger partial charge is 0.352 e. The summed E-state index contributed by atoms with van der Waals surface area (Å²) in [6.45, 7) is 9.20. The van der Waals surface area contributed by atoms with Crippen LogP contribution in [0.3, 0.4) is 0 Å². The van der Waals surface area contributed by atoms with Crippen LogP contribution >= 0.6 is 0 Å². The normalized spacial score (nSPS) is 32.3. The number of nitrogens with one attached hydrogen (secondary N) is 2. The van der Waals surface area contributed by atoms with Crippen LogP contribution in [-0.4, -0.2) is 73.0 Å². The molecule has 6 heteroatoms. The van der Waals surface area contributed by atoms with Crippen molar-refractivity contribution < 1.29 is 9.59 Å². The van der Waals surface area contributed by atoms with Gasteiger partial charge >= 0.3 is 0 Å². The van der Waals surface area contributed by atoms with Gasteiger partial charge in [-0.15, -0.1) is 0 Å². The summed E-state index contributed by atoms with van der Waals surface area (Å²) in [7, 11) is 0. The van der Waals surface area contributed by atoms with Gasteiger partial charge in [-0.2, -0.15) is 0 Å². The number of carbonyl (C=O) groups is 2. The van der Waals surface area contributed by atoms with Crippen molar-refractivity contribution in [2.45, 2.75) is 83.7 Å². The van der Waals surface area contributed by atoms with Gasteiger partial charge in [0.25, 0.3) is 0 Å². The number of carbonyl (C=O) groups excluding carboxylic acids is 2. The van der Waals surface area contributed by atoms with E-state index in [4.69, 9.17) is 0 Å². The zero-order chi connectivity index (χ0) is 20.6. The molecule has 3 aliphatic rings. The van der Waals surface area contributed by atoms with E-state index in [2.05, 4.69) is 34.3 Å². The first kappa shape index (κ1) is 22.5. The summed E-state index contributed by atoms with van der Waals surface area (Å²) in [4.78, 5) is 29.4. The molecule has 0 unspecified atom stereocenters. The molecule has 2 amide bonds. The van der Waals surface area contributed by atoms with Crippen molar-refractivity contribution in [3.05, 3.63) is 0 Å². The van der Waals surface area contributed by atoms with Gasteiger partial charge in [0.2, 0.25) is 11.8 Å². The summed E-state index contributed by atoms with van der Waals surface area (Å²) >= 11 is 0. The van der Waals surface area contributed by atoms with Gasteiger partial charge in [0.15, 0.2) is 0 Å². The van der Waals surface area contributed by atoms with Gasteiger partial charge in [0.05, 0.1) is 13.1 Å². The van der Waals surface area contributed by atoms with Crippen molar-refractivity contribution in [3.8, 4) is 0 Å². The number of rotatable bonds is 6. The van der Waals surface area contributed by atoms with Crippen LogP contribution in [0.2, 0.25) is 0 Å². The highest BCUT2D eigenvalue weighted by atomic mass is 16.2. The maximum Gasteiger partial charge on any atom is 0.234 e. The standard InChI is InChI=1S/C23H42N4O2/c1-18-4-8-20(9-5-18)24-22(28)16-26-12-3-13-27(15-14-26)17-23(29)25-21-10-6-19(2)7-11-21/h18-21H,3-17H2,1-2H3,(H,24,28)(H,25,29). The molecule has 2 aliphatic carbocycles. The Hall–Kier alpha value is -1.14. The van der Waals surface area contributed by atoms with Crippen molar-refractivity contribution in [3.63, 3.8) is 0 Å². The third kappa shape index (κ3) is 7.89. The highest BCUT2D eigenvalue weighted by Gasteiger charge is 2.24. The van der Waals surface area contributed by atoms with Crippen LogP contribution in [0, 0.1) is 11.8 Å². The molecule has 0 radical (unpaired) electrons. The lowest BCUT2D eigenvalue weighted by molar-refractivity contribution is -0.124. The van der Waals surface area contributed by atoms with Crippen LogP contribution in [0.15, 0.2) is 0 Å². The number of hydrogen-bond donors (Lipinski definition) is 2. The monoisotopic (exact) mass is 406 g/mol. The minimum absolute atomic E-state index is 0.169. The third-order valence-electron chi connectivity index (χ3n) is 7.18. The lowest BCUT2D eigenvalue weighted by Gasteiger charge is -2.28. The molecule has 0 aromatic carbocycles. The molecular weight excluding hydrogens is 364 g/mol. The molecule has 0 spiro atoms. The van der Waals surface area contributed by atoms with Crippen LogP contribution < -0.4 is 10.6 Å². The Morgan fingerprint density at radius 3 is 1.41 bits per heavy atom. The van der Waals surface area contributed by atoms with Crippen molar-refractivity contribution in [1.29, 1.82) is 0 Å². The second kappa shape index (κ2) is 11.3. The summed E-state index contributed by atoms with van der Waals surface area (Å²) < 4.78 is 0. The van der Waals surface area contributed by atoms with E-state index in [-0.39, 0.29) is 11.8 Å². The molecule has 0 aromatic rings. The van der Waals surface area contributed by atoms with Gasteiger partial charge in [-0.3, -0.25) is 19.4 Å². The van der Waals surface area contributed by atoms with E-state index in [1.54, 1.807) is 0 Å². The minimum Gasteiger partial charge on any atom is -0.352 e. The average molecular weight is 407 g/mol. The van der Waals surface area contributed by atoms with Gasteiger partial charge in [0.1, 0.15) is 0 Å². The van der Waals surface area contributed by atoms with Crippen LogP contribution in [-0.2, 0) is 9.59 Å². The first-order valence-corrected chi connectivity index (χ1v) is 12.0. The maximum atomic E-state index is 12.4. The summed E-state index contributed by atoms with van der Waals surface area (Å²) in [5.41, 5.74) is 0. The summed E-state index contributed by atoms with van der Waals surface area (Å²) in [6, 6.07) is 0.738. The predicted molar refractivity (Wildman–Crippen MR) is 117 cm³/mol. The Morgan fingerprint density at radius 1 is 0.655 bits per heavy atom. The predicted octanol–water partition coefficient (Wildman–Crippen LogP) is 2.38. The van der Waals surface area contributed by atoms with Crippen LogP contribution in [0.4, 0.5) is 0 Å². The SMILES string of the molecule is CC1CCC(NC(=O)CN2CCCN(CC(=O)NC3CCC(C)CC3)CC2)CC1. The van der Waals surface area contributed by atoms with Gasteiger partial charge < -0.3 is 10.6 Å². The van der Waals surface area contributed by atoms with E-state index in [0.717, 1.165) is 70.1 Å². The Bertz CT molecular complexity index is 479. The second-order valence-electron chi connectivity index (χ2n) is 9.95. The van der Waals surface area contributed by atoms with E-state index < -0.39 is 0 Å². The van der Waals surface area contributed by atoms with Gasteiger partial charge in [0, 0.05) is 25.2 Å². The molecule has 2 N–H and O–H groups in total. The topological polar surface area (TPSA) is 64.7 Å². The van der Waals surface area contributed by atoms with Gasteiger partial charge in [-0.05, 0) is 82.7 Å². The number of amides is 2. The van der Waals surface area contributed by atoms with Crippen molar-refractivity contribution >= 4 is 11.8 Å². The number of nitrogens with zero attached hydrogens (tertiary/aromatic N) is 2. The quantitative estimate of drug-likeness (QED) is 0.711. The van der Waals surface area contributed by atoms with E-state index in [0.29, 0.717) is 25.2 Å². The Morgan fingerprint density at radius 2 is 1.03 bits per heavy atom. The van der Waals surface area contributed by atoms with Crippen LogP contribution in [0.5, 0.6) is 0 Å². The second-order valence-corrected chi connectivity index (χ2v) is 9.95. The zero-order valence-corrected chi connectivity index (χ0v) is 18.6. The Labute approximate surface area is 177 Å². The molecule has 29 heavy (non-hydrogen) atoms. The van der Waals surface area contributed by atoms with E-state index in [9.17, 15) is 9.59 Å². The van der Waals surface area contributed by atoms with Crippen LogP contribution in [0.1, 0.15) is 71.6 Å². The fourth-order valence-corrected chi connectivity index (χ4v) is 5.10. The summed E-state index contributed by atoms with van der Waals surface area (Å²) in [6.07, 6.45) is 10.4. The first-order chi connectivity index (χ1) is 14.0. The molecule has 1 aliphatic heterocycles. The van der Waals surface area contributed by atoms with Gasteiger partial charge in [-0.25, -0.2) is 0 Å². The molecule has 3 fully saturated rings. The van der Waals surface area contributed by atoms with Crippen molar-refractivity contribution in [2.24, 2.45) is 11.8 Å². The summed E-state index contributed by atoms with van der Waals surface area (Å²) in [5, 5.41) is 6.48. The lowest BCUT2D eigenvalue weighted by Crippen LogP contribution is -2.45. The average Bonchev–Trinajstić information content (AvgIpc) is 2.90. The summed E-state index contributed by atoms with van der Waals surface area (Å²) in [5.74, 6) is 1.95. The molecule has 2 saturated carbocycles. The molecule has 1 heterocycles. The van der Waals surface area contributed by atoms with Crippen molar-refractivity contribution in [2.75, 3.05) is 39.3 Å².